The van der Waals surface area contributed by atoms with Gasteiger partial charge in [0.25, 0.3) is 0 Å². The Bertz CT molecular complexity index is 1260. The van der Waals surface area contributed by atoms with E-state index in [1.807, 2.05) is 37.3 Å². The van der Waals surface area contributed by atoms with Crippen molar-refractivity contribution in [3.05, 3.63) is 66.7 Å². The first-order valence-corrected chi connectivity index (χ1v) is 11.2. The Morgan fingerprint density at radius 3 is 2.45 bits per heavy atom. The van der Waals surface area contributed by atoms with Gasteiger partial charge in [0.15, 0.2) is 11.5 Å². The molecule has 160 valence electrons. The predicted octanol–water partition coefficient (Wildman–Crippen LogP) is 2.55. The van der Waals surface area contributed by atoms with Gasteiger partial charge < -0.3 is 9.47 Å². The molecule has 0 aliphatic carbocycles. The fraction of sp³-hybridized carbons (Fsp3) is 0.190. The molecule has 2 heterocycles. The van der Waals surface area contributed by atoms with Crippen LogP contribution in [0.2, 0.25) is 0 Å². The molecule has 1 N–H and O–H groups in total. The van der Waals surface area contributed by atoms with Crippen LogP contribution in [0.1, 0.15) is 6.92 Å². The van der Waals surface area contributed by atoms with Gasteiger partial charge in [-0.3, -0.25) is 0 Å². The average Bonchev–Trinajstić information content (AvgIpc) is 3.21. The molecule has 0 bridgehead atoms. The van der Waals surface area contributed by atoms with E-state index in [0.29, 0.717) is 29.7 Å². The number of nitrogens with zero attached hydrogens (tertiary/aromatic N) is 4. The van der Waals surface area contributed by atoms with Crippen molar-refractivity contribution >= 4 is 15.7 Å². The van der Waals surface area contributed by atoms with Crippen LogP contribution in [0.5, 0.6) is 11.6 Å². The highest BCUT2D eigenvalue weighted by atomic mass is 32.2. The molecular weight excluding hydrogens is 418 g/mol. The quantitative estimate of drug-likeness (QED) is 0.399. The van der Waals surface area contributed by atoms with Crippen molar-refractivity contribution in [1.29, 1.82) is 0 Å². The number of fused-ring (bicyclic) bond motifs is 1. The molecule has 0 fully saturated rings. The second kappa shape index (κ2) is 9.11. The monoisotopic (exact) mass is 439 g/mol. The molecule has 10 heteroatoms. The molecule has 0 aliphatic heterocycles. The molecule has 31 heavy (non-hydrogen) atoms. The number of ether oxygens (including phenoxy) is 2. The molecule has 0 amide bonds. The Morgan fingerprint density at radius 2 is 1.71 bits per heavy atom. The summed E-state index contributed by atoms with van der Waals surface area (Å²) in [5.74, 6) is 1.55. The number of benzene rings is 2. The van der Waals surface area contributed by atoms with Crippen LogP contribution in [0.3, 0.4) is 0 Å². The highest BCUT2D eigenvalue weighted by Crippen LogP contribution is 2.19. The maximum Gasteiger partial charge on any atom is 0.240 e. The fourth-order valence-corrected chi connectivity index (χ4v) is 3.93. The van der Waals surface area contributed by atoms with E-state index in [4.69, 9.17) is 9.47 Å². The summed E-state index contributed by atoms with van der Waals surface area (Å²) >= 11 is 0. The molecule has 0 atom stereocenters. The third kappa shape index (κ3) is 4.81. The van der Waals surface area contributed by atoms with Gasteiger partial charge in [-0.2, -0.15) is 4.52 Å². The van der Waals surface area contributed by atoms with E-state index >= 15 is 0 Å². The van der Waals surface area contributed by atoms with E-state index in [0.717, 1.165) is 5.56 Å². The van der Waals surface area contributed by atoms with Gasteiger partial charge in [0.05, 0.1) is 11.5 Å². The number of hydrogen-bond acceptors (Lipinski definition) is 7. The van der Waals surface area contributed by atoms with Crippen molar-refractivity contribution in [2.75, 3.05) is 19.8 Å². The molecule has 0 spiro atoms. The molecule has 0 aliphatic rings. The van der Waals surface area contributed by atoms with E-state index in [-0.39, 0.29) is 18.0 Å². The molecule has 0 unspecified atom stereocenters. The number of sulfonamides is 1. The normalized spacial score (nSPS) is 11.5. The van der Waals surface area contributed by atoms with Crippen LogP contribution in [0.4, 0.5) is 0 Å². The highest BCUT2D eigenvalue weighted by molar-refractivity contribution is 7.89. The highest BCUT2D eigenvalue weighted by Gasteiger charge is 2.14. The van der Waals surface area contributed by atoms with Crippen molar-refractivity contribution in [3.8, 4) is 23.0 Å². The summed E-state index contributed by atoms with van der Waals surface area (Å²) in [7, 11) is -3.65. The third-order valence-corrected chi connectivity index (χ3v) is 5.84. The molecule has 2 aromatic heterocycles. The first kappa shape index (κ1) is 20.8. The topological polar surface area (TPSA) is 108 Å². The summed E-state index contributed by atoms with van der Waals surface area (Å²) in [5.41, 5.74) is 1.46. The first-order valence-electron chi connectivity index (χ1n) is 9.70. The molecular formula is C21H21N5O4S. The van der Waals surface area contributed by atoms with Gasteiger partial charge >= 0.3 is 0 Å². The van der Waals surface area contributed by atoms with Crippen molar-refractivity contribution in [1.82, 2.24) is 24.5 Å². The molecule has 0 saturated heterocycles. The maximum atomic E-state index is 12.4. The van der Waals surface area contributed by atoms with Gasteiger partial charge in [0, 0.05) is 18.2 Å². The summed E-state index contributed by atoms with van der Waals surface area (Å²) in [6.45, 7) is 2.58. The van der Waals surface area contributed by atoms with Gasteiger partial charge in [0.2, 0.25) is 15.9 Å². The van der Waals surface area contributed by atoms with E-state index in [1.54, 1.807) is 28.8 Å². The first-order chi connectivity index (χ1) is 15.1. The third-order valence-electron chi connectivity index (χ3n) is 4.36. The van der Waals surface area contributed by atoms with Crippen LogP contribution in [-0.4, -0.2) is 48.0 Å². The minimum absolute atomic E-state index is 0.0863. The standard InChI is InChI=1S/C21H21N5O4S/c1-2-29-17-8-10-18(11-9-17)31(27,28)22-14-15-30-20-13-12-19-23-24-21(26(19)25-20)16-6-4-3-5-7-16/h3-13,22H,2,14-15H2,1H3. The van der Waals surface area contributed by atoms with Crippen molar-refractivity contribution < 1.29 is 17.9 Å². The molecule has 2 aromatic carbocycles. The zero-order chi connectivity index (χ0) is 21.7. The lowest BCUT2D eigenvalue weighted by Gasteiger charge is -2.09. The van der Waals surface area contributed by atoms with Crippen LogP contribution >= 0.6 is 0 Å². The summed E-state index contributed by atoms with van der Waals surface area (Å²) in [4.78, 5) is 0.160. The average molecular weight is 439 g/mol. The lowest BCUT2D eigenvalue weighted by Crippen LogP contribution is -2.28. The molecule has 4 rings (SSSR count). The van der Waals surface area contributed by atoms with E-state index < -0.39 is 10.0 Å². The number of aromatic nitrogens is 4. The van der Waals surface area contributed by atoms with Crippen LogP contribution in [0, 0.1) is 0 Å². The summed E-state index contributed by atoms with van der Waals surface area (Å²) in [6.07, 6.45) is 0. The van der Waals surface area contributed by atoms with E-state index in [9.17, 15) is 8.42 Å². The largest absolute Gasteiger partial charge is 0.494 e. The Hall–Kier alpha value is -3.50. The van der Waals surface area contributed by atoms with E-state index in [2.05, 4.69) is 20.0 Å². The van der Waals surface area contributed by atoms with Crippen molar-refractivity contribution in [2.24, 2.45) is 0 Å². The minimum atomic E-state index is -3.65. The van der Waals surface area contributed by atoms with Gasteiger partial charge in [-0.15, -0.1) is 15.3 Å². The Morgan fingerprint density at radius 1 is 0.935 bits per heavy atom. The number of hydrogen-bond donors (Lipinski definition) is 1. The van der Waals surface area contributed by atoms with E-state index in [1.165, 1.54) is 12.1 Å². The van der Waals surface area contributed by atoms with Crippen LogP contribution in [0.15, 0.2) is 71.6 Å². The van der Waals surface area contributed by atoms with Crippen LogP contribution in [0.25, 0.3) is 17.0 Å². The molecule has 9 nitrogen and oxygen atoms in total. The Kier molecular flexibility index (Phi) is 6.10. The maximum absolute atomic E-state index is 12.4. The predicted molar refractivity (Wildman–Crippen MR) is 115 cm³/mol. The molecule has 0 radical (unpaired) electrons. The molecule has 4 aromatic rings. The Balaban J connectivity index is 1.38. The van der Waals surface area contributed by atoms with Gasteiger partial charge in [0.1, 0.15) is 12.4 Å². The van der Waals surface area contributed by atoms with Gasteiger partial charge in [-0.05, 0) is 37.3 Å². The van der Waals surface area contributed by atoms with Gasteiger partial charge in [-0.1, -0.05) is 30.3 Å². The summed E-state index contributed by atoms with van der Waals surface area (Å²) in [6, 6.07) is 19.2. The zero-order valence-electron chi connectivity index (χ0n) is 16.8. The SMILES string of the molecule is CCOc1ccc(S(=O)(=O)NCCOc2ccc3nnc(-c4ccccc4)n3n2)cc1. The van der Waals surface area contributed by atoms with Crippen molar-refractivity contribution in [2.45, 2.75) is 11.8 Å². The van der Waals surface area contributed by atoms with Crippen LogP contribution in [-0.2, 0) is 10.0 Å². The molecule has 0 saturated carbocycles. The minimum Gasteiger partial charge on any atom is -0.494 e. The lowest BCUT2D eigenvalue weighted by molar-refractivity contribution is 0.306. The zero-order valence-corrected chi connectivity index (χ0v) is 17.6. The fourth-order valence-electron chi connectivity index (χ4n) is 2.91. The number of rotatable bonds is 9. The number of nitrogens with one attached hydrogen (secondary N) is 1. The summed E-state index contributed by atoms with van der Waals surface area (Å²) < 4.78 is 39.9. The van der Waals surface area contributed by atoms with Crippen LogP contribution < -0.4 is 14.2 Å². The lowest BCUT2D eigenvalue weighted by atomic mass is 10.2. The summed E-state index contributed by atoms with van der Waals surface area (Å²) in [5, 5.41) is 12.7. The van der Waals surface area contributed by atoms with Gasteiger partial charge in [-0.25, -0.2) is 13.1 Å². The second-order valence-corrected chi connectivity index (χ2v) is 8.25. The smallest absolute Gasteiger partial charge is 0.240 e. The van der Waals surface area contributed by atoms with Crippen molar-refractivity contribution in [3.63, 3.8) is 0 Å². The Labute approximate surface area is 179 Å². The second-order valence-electron chi connectivity index (χ2n) is 6.48.